The molecule has 0 aliphatic rings. The minimum absolute atomic E-state index is 0.0258. The van der Waals surface area contributed by atoms with Gasteiger partial charge in [-0.05, 0) is 31.2 Å². The lowest BCUT2D eigenvalue weighted by atomic mass is 10.2. The van der Waals surface area contributed by atoms with E-state index in [0.717, 1.165) is 39.7 Å². The van der Waals surface area contributed by atoms with Gasteiger partial charge in [0.05, 0.1) is 11.3 Å². The third kappa shape index (κ3) is 4.02. The summed E-state index contributed by atoms with van der Waals surface area (Å²) in [5, 5.41) is 14.1. The summed E-state index contributed by atoms with van der Waals surface area (Å²) in [5.41, 5.74) is -0.705. The molecule has 3 aromatic rings. The molecule has 136 valence electrons. The van der Waals surface area contributed by atoms with Crippen LogP contribution in [-0.4, -0.2) is 31.5 Å². The van der Waals surface area contributed by atoms with Crippen molar-refractivity contribution in [2.45, 2.75) is 17.4 Å². The number of carbonyl (C=O) groups excluding carboxylic acids is 1. The molecule has 0 saturated heterocycles. The number of hydrogen-bond acceptors (Lipinski definition) is 7. The zero-order valence-corrected chi connectivity index (χ0v) is 14.7. The van der Waals surface area contributed by atoms with Gasteiger partial charge in [0.15, 0.2) is 4.34 Å². The maximum absolute atomic E-state index is 12.5. The van der Waals surface area contributed by atoms with Crippen LogP contribution in [0.4, 0.5) is 18.9 Å². The van der Waals surface area contributed by atoms with Crippen LogP contribution in [0.3, 0.4) is 0 Å². The molecule has 0 saturated carbocycles. The van der Waals surface area contributed by atoms with Gasteiger partial charge in [0.25, 0.3) is 5.56 Å². The molecule has 3 rings (SSSR count). The lowest BCUT2D eigenvalue weighted by molar-refractivity contribution is -0.137. The van der Waals surface area contributed by atoms with Gasteiger partial charge in [-0.1, -0.05) is 23.1 Å². The van der Waals surface area contributed by atoms with Crippen molar-refractivity contribution < 1.29 is 18.0 Å². The lowest BCUT2D eigenvalue weighted by Crippen LogP contribution is -2.19. The van der Waals surface area contributed by atoms with Crippen molar-refractivity contribution in [1.29, 1.82) is 0 Å². The second-order valence-electron chi connectivity index (χ2n) is 5.06. The smallest absolute Gasteiger partial charge is 0.325 e. The van der Waals surface area contributed by atoms with E-state index in [1.165, 1.54) is 19.1 Å². The average Bonchev–Trinajstić information content (AvgIpc) is 3.00. The number of hydrogen-bond donors (Lipinski definition) is 1. The number of aromatic nitrogens is 4. The van der Waals surface area contributed by atoms with Crippen molar-refractivity contribution in [3.63, 3.8) is 0 Å². The summed E-state index contributed by atoms with van der Waals surface area (Å²) in [6.45, 7) is 1.52. The van der Waals surface area contributed by atoms with Crippen LogP contribution in [0, 0.1) is 6.92 Å². The molecule has 0 atom stereocenters. The summed E-state index contributed by atoms with van der Waals surface area (Å²) in [4.78, 5) is 24.1. The highest BCUT2D eigenvalue weighted by atomic mass is 32.2. The Bertz CT molecular complexity index is 1010. The molecule has 0 unspecified atom stereocenters. The van der Waals surface area contributed by atoms with E-state index in [1.54, 1.807) is 0 Å². The second-order valence-corrected chi connectivity index (χ2v) is 7.24. The quantitative estimate of drug-likeness (QED) is 0.676. The molecule has 0 aliphatic heterocycles. The van der Waals surface area contributed by atoms with Crippen molar-refractivity contribution >= 4 is 39.7 Å². The van der Waals surface area contributed by atoms with E-state index in [4.69, 9.17) is 0 Å². The third-order valence-corrected chi connectivity index (χ3v) is 5.18. The monoisotopic (exact) mass is 401 g/mol. The second kappa shape index (κ2) is 7.03. The predicted molar refractivity (Wildman–Crippen MR) is 90.5 cm³/mol. The van der Waals surface area contributed by atoms with Gasteiger partial charge in [-0.2, -0.15) is 17.7 Å². The maximum Gasteiger partial charge on any atom is 0.416 e. The Labute approximate surface area is 152 Å². The number of nitrogens with zero attached hydrogens (tertiary/aromatic N) is 4. The largest absolute Gasteiger partial charge is 0.416 e. The molecule has 2 aromatic heterocycles. The van der Waals surface area contributed by atoms with Crippen LogP contribution < -0.4 is 10.9 Å². The summed E-state index contributed by atoms with van der Waals surface area (Å²) < 4.78 is 39.1. The number of fused-ring (bicyclic) bond motifs is 1. The molecule has 0 spiro atoms. The molecule has 26 heavy (non-hydrogen) atoms. The zero-order chi connectivity index (χ0) is 18.9. The Balaban J connectivity index is 1.62. The van der Waals surface area contributed by atoms with Crippen LogP contribution >= 0.6 is 23.1 Å². The normalized spacial score (nSPS) is 11.7. The topological polar surface area (TPSA) is 89.2 Å². The van der Waals surface area contributed by atoms with E-state index in [0.29, 0.717) is 9.30 Å². The summed E-state index contributed by atoms with van der Waals surface area (Å²) in [6.07, 6.45) is -4.43. The fraction of sp³-hybridized carbons (Fsp3) is 0.214. The number of rotatable bonds is 4. The van der Waals surface area contributed by atoms with Gasteiger partial charge in [-0.15, -0.1) is 15.3 Å². The molecule has 1 aromatic carbocycles. The summed E-state index contributed by atoms with van der Waals surface area (Å²) >= 11 is 2.19. The number of benzene rings is 1. The fourth-order valence-electron chi connectivity index (χ4n) is 1.90. The highest BCUT2D eigenvalue weighted by Crippen LogP contribution is 2.30. The first-order valence-electron chi connectivity index (χ1n) is 7.07. The van der Waals surface area contributed by atoms with Crippen LogP contribution in [0.25, 0.3) is 4.96 Å². The maximum atomic E-state index is 12.5. The van der Waals surface area contributed by atoms with E-state index >= 15 is 0 Å². The number of halogens is 3. The van der Waals surface area contributed by atoms with Crippen molar-refractivity contribution in [3.05, 3.63) is 45.9 Å². The van der Waals surface area contributed by atoms with Gasteiger partial charge < -0.3 is 5.32 Å². The van der Waals surface area contributed by atoms with Gasteiger partial charge in [0, 0.05) is 5.69 Å². The molecule has 12 heteroatoms. The van der Waals surface area contributed by atoms with Crippen molar-refractivity contribution in [2.24, 2.45) is 0 Å². The summed E-state index contributed by atoms with van der Waals surface area (Å²) in [6, 6.07) is 4.15. The number of carbonyl (C=O) groups is 1. The van der Waals surface area contributed by atoms with Crippen molar-refractivity contribution in [2.75, 3.05) is 11.1 Å². The Hall–Kier alpha value is -2.47. The number of alkyl halides is 3. The summed E-state index contributed by atoms with van der Waals surface area (Å²) in [5.74, 6) is -0.439. The Kier molecular flexibility index (Phi) is 4.96. The first-order valence-corrected chi connectivity index (χ1v) is 8.87. The van der Waals surface area contributed by atoms with Gasteiger partial charge in [0.2, 0.25) is 10.9 Å². The predicted octanol–water partition coefficient (Wildman–Crippen LogP) is 2.60. The van der Waals surface area contributed by atoms with E-state index < -0.39 is 17.6 Å². The molecule has 7 nitrogen and oxygen atoms in total. The van der Waals surface area contributed by atoms with Gasteiger partial charge in [-0.3, -0.25) is 9.59 Å². The van der Waals surface area contributed by atoms with Crippen molar-refractivity contribution in [3.8, 4) is 0 Å². The van der Waals surface area contributed by atoms with Crippen LogP contribution in [0.15, 0.2) is 33.4 Å². The van der Waals surface area contributed by atoms with Gasteiger partial charge in [-0.25, -0.2) is 0 Å². The number of nitrogens with one attached hydrogen (secondary N) is 1. The minimum Gasteiger partial charge on any atom is -0.325 e. The molecule has 0 radical (unpaired) electrons. The fourth-order valence-corrected chi connectivity index (χ4v) is 3.57. The SMILES string of the molecule is Cc1nnc2sc(SCC(=O)Nc3ccc(C(F)(F)F)cc3)nn2c1=O. The van der Waals surface area contributed by atoms with Gasteiger partial charge in [0.1, 0.15) is 5.69 Å². The number of thioether (sulfide) groups is 1. The van der Waals surface area contributed by atoms with E-state index in [2.05, 4.69) is 20.6 Å². The Morgan fingerprint density at radius 1 is 1.27 bits per heavy atom. The van der Waals surface area contributed by atoms with Gasteiger partial charge >= 0.3 is 6.18 Å². The van der Waals surface area contributed by atoms with E-state index in [9.17, 15) is 22.8 Å². The molecule has 0 fully saturated rings. The average molecular weight is 401 g/mol. The molecular weight excluding hydrogens is 391 g/mol. The first kappa shape index (κ1) is 18.3. The third-order valence-electron chi connectivity index (χ3n) is 3.15. The first-order chi connectivity index (χ1) is 12.2. The molecule has 0 aliphatic carbocycles. The van der Waals surface area contributed by atoms with Crippen molar-refractivity contribution in [1.82, 2.24) is 19.8 Å². The molecule has 0 bridgehead atoms. The molecule has 1 N–H and O–H groups in total. The molecule has 2 heterocycles. The minimum atomic E-state index is -4.43. The highest BCUT2D eigenvalue weighted by Gasteiger charge is 2.29. The summed E-state index contributed by atoms with van der Waals surface area (Å²) in [7, 11) is 0. The van der Waals surface area contributed by atoms with Crippen LogP contribution in [0.5, 0.6) is 0 Å². The van der Waals surface area contributed by atoms with E-state index in [1.807, 2.05) is 0 Å². The van der Waals surface area contributed by atoms with E-state index in [-0.39, 0.29) is 22.7 Å². The Morgan fingerprint density at radius 3 is 2.62 bits per heavy atom. The number of amides is 1. The number of anilines is 1. The molecule has 1 amide bonds. The lowest BCUT2D eigenvalue weighted by Gasteiger charge is -2.08. The number of aryl methyl sites for hydroxylation is 1. The highest BCUT2D eigenvalue weighted by molar-refractivity contribution is 8.01. The molecular formula is C14H10F3N5O2S2. The van der Waals surface area contributed by atoms with Crippen LogP contribution in [-0.2, 0) is 11.0 Å². The zero-order valence-electron chi connectivity index (χ0n) is 13.1. The standard InChI is InChI=1S/C14H10F3N5O2S2/c1-7-11(24)22-12(20-19-7)26-13(21-22)25-6-10(23)18-9-4-2-8(3-5-9)14(15,16)17/h2-5H,6H2,1H3,(H,18,23). The Morgan fingerprint density at radius 2 is 1.96 bits per heavy atom. The van der Waals surface area contributed by atoms with Crippen LogP contribution in [0.2, 0.25) is 0 Å². The van der Waals surface area contributed by atoms with Crippen LogP contribution in [0.1, 0.15) is 11.3 Å².